The van der Waals surface area contributed by atoms with Gasteiger partial charge < -0.3 is 19.5 Å². The average molecular weight is 492 g/mol. The van der Waals surface area contributed by atoms with Crippen molar-refractivity contribution >= 4 is 29.8 Å². The Morgan fingerprint density at radius 3 is 2.44 bits per heavy atom. The van der Waals surface area contributed by atoms with Crippen molar-refractivity contribution < 1.29 is 37.4 Å². The van der Waals surface area contributed by atoms with E-state index in [1.807, 2.05) is 0 Å². The van der Waals surface area contributed by atoms with E-state index in [-0.39, 0.29) is 34.2 Å². The van der Waals surface area contributed by atoms with Crippen molar-refractivity contribution in [2.45, 2.75) is 0 Å². The highest BCUT2D eigenvalue weighted by Gasteiger charge is 2.26. The van der Waals surface area contributed by atoms with E-state index in [1.54, 1.807) is 6.07 Å². The highest BCUT2D eigenvalue weighted by molar-refractivity contribution is 6.13. The fraction of sp³-hybridized carbons (Fsp3) is 0.0769. The van der Waals surface area contributed by atoms with Crippen molar-refractivity contribution in [3.8, 4) is 11.5 Å². The monoisotopic (exact) mass is 492 g/mol. The topological polar surface area (TPSA) is 103 Å². The Kier molecular flexibility index (Phi) is 7.15. The number of amides is 1. The Bertz CT molecular complexity index is 1420. The molecule has 0 radical (unpaired) electrons. The molecule has 0 saturated heterocycles. The molecular weight excluding hydrogens is 474 g/mol. The quantitative estimate of drug-likeness (QED) is 0.307. The Labute approximate surface area is 203 Å². The zero-order valence-corrected chi connectivity index (χ0v) is 18.8. The van der Waals surface area contributed by atoms with E-state index < -0.39 is 36.0 Å². The molecule has 1 aliphatic rings. The molecule has 1 aliphatic heterocycles. The smallest absolute Gasteiger partial charge is 0.363 e. The maximum atomic E-state index is 14.0. The summed E-state index contributed by atoms with van der Waals surface area (Å²) in [7, 11) is 1.35. The van der Waals surface area contributed by atoms with Crippen molar-refractivity contribution in [2.75, 3.05) is 13.7 Å². The first-order valence-corrected chi connectivity index (χ1v) is 10.5. The molecule has 0 aliphatic carbocycles. The van der Waals surface area contributed by atoms with Crippen LogP contribution < -0.4 is 14.8 Å². The lowest BCUT2D eigenvalue weighted by atomic mass is 10.1. The summed E-state index contributed by atoms with van der Waals surface area (Å²) in [5.41, 5.74) is 0.253. The number of aliphatic imine (C=N–C) groups is 1. The Morgan fingerprint density at radius 1 is 1.00 bits per heavy atom. The van der Waals surface area contributed by atoms with Gasteiger partial charge in [-0.05, 0) is 48.0 Å². The van der Waals surface area contributed by atoms with Gasteiger partial charge in [0.15, 0.2) is 17.2 Å². The van der Waals surface area contributed by atoms with E-state index in [0.29, 0.717) is 5.56 Å². The number of cyclic esters (lactones) is 1. The van der Waals surface area contributed by atoms with Crippen LogP contribution in [-0.2, 0) is 14.3 Å². The van der Waals surface area contributed by atoms with Crippen LogP contribution in [0, 0.1) is 11.6 Å². The van der Waals surface area contributed by atoms with Gasteiger partial charge in [0.1, 0.15) is 18.2 Å². The number of hydrogen-bond donors (Lipinski definition) is 1. The third-order valence-electron chi connectivity index (χ3n) is 4.95. The maximum Gasteiger partial charge on any atom is 0.363 e. The molecule has 0 saturated carbocycles. The van der Waals surface area contributed by atoms with Crippen LogP contribution in [0.25, 0.3) is 6.08 Å². The molecule has 3 aromatic carbocycles. The van der Waals surface area contributed by atoms with Crippen LogP contribution in [0.3, 0.4) is 0 Å². The normalized spacial score (nSPS) is 13.7. The maximum absolute atomic E-state index is 14.0. The molecule has 1 N–H and O–H groups in total. The molecule has 0 aromatic heterocycles. The van der Waals surface area contributed by atoms with Gasteiger partial charge in [-0.2, -0.15) is 0 Å². The molecule has 0 spiro atoms. The van der Waals surface area contributed by atoms with Crippen LogP contribution >= 0.6 is 0 Å². The number of nitrogens with zero attached hydrogens (tertiary/aromatic N) is 1. The van der Waals surface area contributed by atoms with Gasteiger partial charge in [0, 0.05) is 0 Å². The van der Waals surface area contributed by atoms with Crippen LogP contribution in [0.1, 0.15) is 21.5 Å². The fourth-order valence-corrected chi connectivity index (χ4v) is 3.23. The van der Waals surface area contributed by atoms with Crippen molar-refractivity contribution in [3.63, 3.8) is 0 Å². The van der Waals surface area contributed by atoms with Crippen molar-refractivity contribution in [1.29, 1.82) is 0 Å². The van der Waals surface area contributed by atoms with E-state index in [0.717, 1.165) is 6.07 Å². The van der Waals surface area contributed by atoms with Gasteiger partial charge in [0.25, 0.3) is 5.91 Å². The lowest BCUT2D eigenvalue weighted by molar-refractivity contribution is -0.133. The van der Waals surface area contributed by atoms with Gasteiger partial charge in [-0.1, -0.05) is 30.3 Å². The Balaban J connectivity index is 1.45. The van der Waals surface area contributed by atoms with E-state index in [4.69, 9.17) is 14.2 Å². The number of benzene rings is 3. The molecule has 0 fully saturated rings. The molecule has 0 bridgehead atoms. The second kappa shape index (κ2) is 10.6. The lowest BCUT2D eigenvalue weighted by Crippen LogP contribution is -2.32. The summed E-state index contributed by atoms with van der Waals surface area (Å²) < 4.78 is 43.2. The number of hydrogen-bond acceptors (Lipinski definition) is 7. The Morgan fingerprint density at radius 2 is 1.72 bits per heavy atom. The largest absolute Gasteiger partial charge is 0.493 e. The van der Waals surface area contributed by atoms with E-state index in [2.05, 4.69) is 10.3 Å². The summed E-state index contributed by atoms with van der Waals surface area (Å²) in [5.74, 6) is -3.58. The Hall–Kier alpha value is -4.86. The fourth-order valence-electron chi connectivity index (χ4n) is 3.23. The summed E-state index contributed by atoms with van der Waals surface area (Å²) in [6, 6.07) is 15.5. The number of esters is 2. The van der Waals surface area contributed by atoms with Gasteiger partial charge in [-0.3, -0.25) is 4.79 Å². The number of nitrogens with one attached hydrogen (secondary N) is 1. The van der Waals surface area contributed by atoms with Crippen LogP contribution in [0.2, 0.25) is 0 Å². The predicted octanol–water partition coefficient (Wildman–Crippen LogP) is 3.65. The van der Waals surface area contributed by atoms with Gasteiger partial charge in [-0.25, -0.2) is 23.4 Å². The van der Waals surface area contributed by atoms with Crippen LogP contribution in [0.5, 0.6) is 11.5 Å². The first-order valence-electron chi connectivity index (χ1n) is 10.5. The highest BCUT2D eigenvalue weighted by atomic mass is 19.1. The molecule has 8 nitrogen and oxygen atoms in total. The van der Waals surface area contributed by atoms with Gasteiger partial charge in [0.2, 0.25) is 5.90 Å². The predicted molar refractivity (Wildman–Crippen MR) is 124 cm³/mol. The minimum Gasteiger partial charge on any atom is -0.493 e. The first-order chi connectivity index (χ1) is 17.4. The molecular formula is C26H18F2N2O6. The van der Waals surface area contributed by atoms with E-state index in [1.165, 1.54) is 67.8 Å². The van der Waals surface area contributed by atoms with Crippen LogP contribution in [0.15, 0.2) is 77.4 Å². The number of rotatable bonds is 7. The molecule has 4 rings (SSSR count). The van der Waals surface area contributed by atoms with Crippen molar-refractivity contribution in [2.24, 2.45) is 4.99 Å². The van der Waals surface area contributed by atoms with Gasteiger partial charge >= 0.3 is 11.9 Å². The summed E-state index contributed by atoms with van der Waals surface area (Å²) in [6.45, 7) is -0.512. The minimum atomic E-state index is -0.817. The third-order valence-corrected chi connectivity index (χ3v) is 4.95. The molecule has 1 amide bonds. The number of methoxy groups -OCH3 is 1. The average Bonchev–Trinajstić information content (AvgIpc) is 3.23. The lowest BCUT2D eigenvalue weighted by Gasteiger charge is -2.11. The SMILES string of the molecule is COc1cc(/C=C2/N=C(c3ccccc3F)OC2=O)ccc1OC(=O)CNC(=O)c1ccccc1F. The van der Waals surface area contributed by atoms with Crippen LogP contribution in [-0.4, -0.2) is 37.4 Å². The molecule has 1 heterocycles. The zero-order chi connectivity index (χ0) is 25.7. The number of carbonyl (C=O) groups is 3. The van der Waals surface area contributed by atoms with Gasteiger partial charge in [0.05, 0.1) is 18.2 Å². The van der Waals surface area contributed by atoms with E-state index >= 15 is 0 Å². The molecule has 3 aromatic rings. The number of carbonyl (C=O) groups excluding carboxylic acids is 3. The molecule has 0 atom stereocenters. The molecule has 10 heteroatoms. The second-order valence-electron chi connectivity index (χ2n) is 7.36. The zero-order valence-electron chi connectivity index (χ0n) is 18.8. The summed E-state index contributed by atoms with van der Waals surface area (Å²) in [4.78, 5) is 40.5. The van der Waals surface area contributed by atoms with Crippen molar-refractivity contribution in [1.82, 2.24) is 5.32 Å². The van der Waals surface area contributed by atoms with Gasteiger partial charge in [-0.15, -0.1) is 0 Å². The standard InChI is InChI=1S/C26H18F2N2O6/c1-34-22-13-15(12-20-26(33)36-25(30-20)17-7-3-5-9-19(17)28)10-11-21(22)35-23(31)14-29-24(32)16-6-2-4-8-18(16)27/h2-13H,14H2,1H3,(H,29,32)/b20-12+. The number of ether oxygens (including phenoxy) is 3. The molecule has 182 valence electrons. The molecule has 36 heavy (non-hydrogen) atoms. The van der Waals surface area contributed by atoms with E-state index in [9.17, 15) is 23.2 Å². The van der Waals surface area contributed by atoms with Crippen LogP contribution in [0.4, 0.5) is 8.78 Å². The summed E-state index contributed by atoms with van der Waals surface area (Å²) >= 11 is 0. The third kappa shape index (κ3) is 5.44. The first kappa shape index (κ1) is 24.3. The highest BCUT2D eigenvalue weighted by Crippen LogP contribution is 2.30. The minimum absolute atomic E-state index is 0.0503. The van der Waals surface area contributed by atoms with Crippen molar-refractivity contribution in [3.05, 3.63) is 101 Å². The summed E-state index contributed by atoms with van der Waals surface area (Å²) in [6.07, 6.45) is 1.40. The molecule has 0 unspecified atom stereocenters. The summed E-state index contributed by atoms with van der Waals surface area (Å²) in [5, 5.41) is 2.29. The number of halogens is 2. The second-order valence-corrected chi connectivity index (χ2v) is 7.36.